The van der Waals surface area contributed by atoms with Gasteiger partial charge in [0.1, 0.15) is 6.54 Å². The van der Waals surface area contributed by atoms with Gasteiger partial charge in [-0.1, -0.05) is 25.9 Å². The van der Waals surface area contributed by atoms with E-state index < -0.39 is 0 Å². The molecule has 5 heteroatoms. The van der Waals surface area contributed by atoms with Gasteiger partial charge in [-0.3, -0.25) is 0 Å². The summed E-state index contributed by atoms with van der Waals surface area (Å²) in [4.78, 5) is 4.38. The second-order valence-corrected chi connectivity index (χ2v) is 5.10. The molecule has 0 aliphatic carbocycles. The van der Waals surface area contributed by atoms with E-state index in [1.54, 1.807) is 0 Å². The van der Waals surface area contributed by atoms with Gasteiger partial charge in [-0.05, 0) is 25.1 Å². The minimum absolute atomic E-state index is 0.298. The van der Waals surface area contributed by atoms with Gasteiger partial charge in [0.15, 0.2) is 5.82 Å². The molecule has 2 heterocycles. The average molecular weight is 262 g/mol. The third-order valence-corrected chi connectivity index (χ3v) is 3.10. The largest absolute Gasteiger partial charge is 0.345 e. The van der Waals surface area contributed by atoms with Crippen LogP contribution >= 0.6 is 0 Å². The fraction of sp³-hybridized carbons (Fsp3) is 0.571. The zero-order valence-corrected chi connectivity index (χ0v) is 12.1. The second-order valence-electron chi connectivity index (χ2n) is 5.10. The van der Waals surface area contributed by atoms with Crippen LogP contribution in [0.2, 0.25) is 0 Å². The molecule has 1 N–H and O–H groups in total. The molecule has 2 aromatic heterocycles. The maximum Gasteiger partial charge on any atom is 0.246 e. The Morgan fingerprint density at radius 1 is 1.37 bits per heavy atom. The lowest BCUT2D eigenvalue weighted by Crippen LogP contribution is -2.17. The van der Waals surface area contributed by atoms with Crippen LogP contribution in [-0.4, -0.2) is 21.3 Å². The van der Waals surface area contributed by atoms with Crippen LogP contribution in [-0.2, 0) is 6.54 Å². The summed E-state index contributed by atoms with van der Waals surface area (Å²) in [5.41, 5.74) is 1.27. The number of hydrogen-bond acceptors (Lipinski definition) is 4. The van der Waals surface area contributed by atoms with Crippen molar-refractivity contribution in [3.63, 3.8) is 0 Å². The summed E-state index contributed by atoms with van der Waals surface area (Å²) in [5, 5.41) is 7.36. The number of rotatable bonds is 6. The Labute approximate surface area is 114 Å². The Kier molecular flexibility index (Phi) is 4.37. The van der Waals surface area contributed by atoms with Crippen LogP contribution < -0.4 is 5.32 Å². The van der Waals surface area contributed by atoms with Gasteiger partial charge in [-0.15, -0.1) is 0 Å². The predicted molar refractivity (Wildman–Crippen MR) is 74.0 cm³/mol. The molecule has 0 saturated heterocycles. The summed E-state index contributed by atoms with van der Waals surface area (Å²) in [7, 11) is 0. The number of hydrogen-bond donors (Lipinski definition) is 1. The highest BCUT2D eigenvalue weighted by molar-refractivity contribution is 5.15. The smallest absolute Gasteiger partial charge is 0.246 e. The van der Waals surface area contributed by atoms with Gasteiger partial charge in [0, 0.05) is 24.4 Å². The number of nitrogens with one attached hydrogen (secondary N) is 1. The summed E-state index contributed by atoms with van der Waals surface area (Å²) in [6, 6.07) is 2.48. The van der Waals surface area contributed by atoms with Crippen molar-refractivity contribution in [1.82, 2.24) is 20.0 Å². The van der Waals surface area contributed by atoms with Crippen LogP contribution in [0.4, 0.5) is 0 Å². The van der Waals surface area contributed by atoms with Gasteiger partial charge < -0.3 is 14.4 Å². The van der Waals surface area contributed by atoms with Crippen LogP contribution in [0, 0.1) is 0 Å². The van der Waals surface area contributed by atoms with Gasteiger partial charge >= 0.3 is 0 Å². The summed E-state index contributed by atoms with van der Waals surface area (Å²) in [6.45, 7) is 9.97. The zero-order valence-electron chi connectivity index (χ0n) is 12.1. The van der Waals surface area contributed by atoms with Crippen molar-refractivity contribution in [2.75, 3.05) is 6.54 Å². The zero-order chi connectivity index (χ0) is 13.8. The molecular weight excluding hydrogens is 240 g/mol. The van der Waals surface area contributed by atoms with Crippen molar-refractivity contribution in [3.8, 4) is 0 Å². The van der Waals surface area contributed by atoms with E-state index in [2.05, 4.69) is 60.0 Å². The van der Waals surface area contributed by atoms with E-state index in [4.69, 9.17) is 4.52 Å². The maximum absolute atomic E-state index is 5.25. The molecule has 104 valence electrons. The van der Waals surface area contributed by atoms with Gasteiger partial charge in [0.05, 0.1) is 0 Å². The van der Waals surface area contributed by atoms with Crippen LogP contribution in [0.1, 0.15) is 56.9 Å². The first kappa shape index (κ1) is 13.8. The van der Waals surface area contributed by atoms with Crippen LogP contribution in [0.25, 0.3) is 0 Å². The third-order valence-electron chi connectivity index (χ3n) is 3.10. The normalized spacial score (nSPS) is 13.1. The molecular formula is C14H22N4O. The van der Waals surface area contributed by atoms with Crippen LogP contribution in [0.5, 0.6) is 0 Å². The lowest BCUT2D eigenvalue weighted by molar-refractivity contribution is 0.364. The van der Waals surface area contributed by atoms with Gasteiger partial charge in [-0.25, -0.2) is 0 Å². The van der Waals surface area contributed by atoms with Crippen molar-refractivity contribution in [2.24, 2.45) is 0 Å². The minimum atomic E-state index is 0.298. The first-order chi connectivity index (χ1) is 9.10. The van der Waals surface area contributed by atoms with Crippen molar-refractivity contribution in [2.45, 2.75) is 46.2 Å². The first-order valence-corrected chi connectivity index (χ1v) is 6.81. The molecule has 0 spiro atoms. The average Bonchev–Trinajstić information content (AvgIpc) is 2.99. The lowest BCUT2D eigenvalue weighted by atomic mass is 10.2. The summed E-state index contributed by atoms with van der Waals surface area (Å²) in [5.74, 6) is 1.72. The van der Waals surface area contributed by atoms with E-state index in [1.807, 2.05) is 6.20 Å². The third kappa shape index (κ3) is 3.44. The summed E-state index contributed by atoms with van der Waals surface area (Å²) in [6.07, 6.45) is 4.16. The summed E-state index contributed by atoms with van der Waals surface area (Å²) >= 11 is 0. The lowest BCUT2D eigenvalue weighted by Gasteiger charge is -2.09. The Bertz CT molecular complexity index is 515. The predicted octanol–water partition coefficient (Wildman–Crippen LogP) is 2.71. The fourth-order valence-electron chi connectivity index (χ4n) is 1.96. The standard InChI is InChI=1S/C14H22N4O/c1-5-15-11(4)12-6-7-18(8-12)9-13-16-14(10(2)3)17-19-13/h6-8,10-11,15H,5,9H2,1-4H3. The van der Waals surface area contributed by atoms with E-state index in [1.165, 1.54) is 5.56 Å². The SMILES string of the molecule is CCNC(C)c1ccn(Cc2nc(C(C)C)no2)c1. The fourth-order valence-corrected chi connectivity index (χ4v) is 1.96. The molecule has 0 amide bonds. The van der Waals surface area contributed by atoms with Crippen molar-refractivity contribution >= 4 is 0 Å². The molecule has 2 aromatic rings. The molecule has 0 aromatic carbocycles. The van der Waals surface area contributed by atoms with Crippen molar-refractivity contribution in [3.05, 3.63) is 35.7 Å². The molecule has 0 bridgehead atoms. The molecule has 1 unspecified atom stereocenters. The van der Waals surface area contributed by atoms with Crippen LogP contribution in [0.15, 0.2) is 23.0 Å². The van der Waals surface area contributed by atoms with E-state index in [9.17, 15) is 0 Å². The molecule has 19 heavy (non-hydrogen) atoms. The van der Waals surface area contributed by atoms with Crippen LogP contribution in [0.3, 0.4) is 0 Å². The quantitative estimate of drug-likeness (QED) is 0.869. The molecule has 1 atom stereocenters. The Morgan fingerprint density at radius 3 is 2.79 bits per heavy atom. The van der Waals surface area contributed by atoms with E-state index in [0.29, 0.717) is 24.4 Å². The highest BCUT2D eigenvalue weighted by Gasteiger charge is 2.11. The number of aromatic nitrogens is 3. The van der Waals surface area contributed by atoms with Crippen molar-refractivity contribution in [1.29, 1.82) is 0 Å². The highest BCUT2D eigenvalue weighted by Crippen LogP contribution is 2.14. The van der Waals surface area contributed by atoms with Gasteiger partial charge in [0.2, 0.25) is 5.89 Å². The molecule has 0 fully saturated rings. The van der Waals surface area contributed by atoms with E-state index in [-0.39, 0.29) is 0 Å². The minimum Gasteiger partial charge on any atom is -0.345 e. The topological polar surface area (TPSA) is 55.9 Å². The summed E-state index contributed by atoms with van der Waals surface area (Å²) < 4.78 is 7.32. The molecule has 0 aliphatic rings. The molecule has 0 saturated carbocycles. The Balaban J connectivity index is 2.02. The van der Waals surface area contributed by atoms with Gasteiger partial charge in [-0.2, -0.15) is 4.98 Å². The highest BCUT2D eigenvalue weighted by atomic mass is 16.5. The Hall–Kier alpha value is -1.62. The maximum atomic E-state index is 5.25. The Morgan fingerprint density at radius 2 is 2.16 bits per heavy atom. The van der Waals surface area contributed by atoms with E-state index >= 15 is 0 Å². The van der Waals surface area contributed by atoms with E-state index in [0.717, 1.165) is 12.4 Å². The molecule has 0 radical (unpaired) electrons. The first-order valence-electron chi connectivity index (χ1n) is 6.81. The van der Waals surface area contributed by atoms with Gasteiger partial charge in [0.25, 0.3) is 0 Å². The monoisotopic (exact) mass is 262 g/mol. The molecule has 0 aliphatic heterocycles. The molecule has 2 rings (SSSR count). The second kappa shape index (κ2) is 6.02. The van der Waals surface area contributed by atoms with Crippen molar-refractivity contribution < 1.29 is 4.52 Å². The number of nitrogens with zero attached hydrogens (tertiary/aromatic N) is 3. The molecule has 5 nitrogen and oxygen atoms in total.